The van der Waals surface area contributed by atoms with E-state index in [0.717, 1.165) is 66.2 Å². The number of piperazine rings is 1. The minimum absolute atomic E-state index is 0.101. The number of thiophene rings is 1. The Hall–Kier alpha value is -3.95. The van der Waals surface area contributed by atoms with Crippen molar-refractivity contribution in [2.24, 2.45) is 0 Å². The van der Waals surface area contributed by atoms with E-state index in [9.17, 15) is 4.79 Å². The quantitative estimate of drug-likeness (QED) is 0.335. The molecule has 4 heterocycles. The van der Waals surface area contributed by atoms with E-state index in [1.54, 1.807) is 16.2 Å². The van der Waals surface area contributed by atoms with Crippen LogP contribution in [0.1, 0.15) is 12.0 Å². The van der Waals surface area contributed by atoms with Crippen LogP contribution in [0, 0.1) is 0 Å². The third kappa shape index (κ3) is 4.82. The Balaban J connectivity index is 1.26. The monoisotopic (exact) mass is 526 g/mol. The molecule has 1 N–H and O–H groups in total. The van der Waals surface area contributed by atoms with Gasteiger partial charge in [0.2, 0.25) is 17.7 Å². The SMILES string of the molecule is C=CC(=O)N1CCCc2c(Oc3nc(Nc4ccc(N5CCN(C)CC5)cc4)nc4ccsc34)cccc21. The Labute approximate surface area is 226 Å². The highest BCUT2D eigenvalue weighted by Crippen LogP contribution is 2.39. The van der Waals surface area contributed by atoms with Crippen molar-refractivity contribution < 1.29 is 9.53 Å². The minimum atomic E-state index is -0.101. The Bertz CT molecular complexity index is 1480. The van der Waals surface area contributed by atoms with Gasteiger partial charge in [-0.1, -0.05) is 12.6 Å². The van der Waals surface area contributed by atoms with Crippen LogP contribution in [0.4, 0.5) is 23.0 Å². The molecule has 0 radical (unpaired) electrons. The molecule has 0 bridgehead atoms. The number of fused-ring (bicyclic) bond motifs is 2. The lowest BCUT2D eigenvalue weighted by atomic mass is 10.0. The van der Waals surface area contributed by atoms with Crippen molar-refractivity contribution in [1.29, 1.82) is 0 Å². The fourth-order valence-corrected chi connectivity index (χ4v) is 5.80. The van der Waals surface area contributed by atoms with Gasteiger partial charge in [0, 0.05) is 49.7 Å². The number of rotatable bonds is 6. The predicted octanol–water partition coefficient (Wildman–Crippen LogP) is 5.44. The number of carbonyl (C=O) groups excluding carboxylic acids is 1. The first-order valence-corrected chi connectivity index (χ1v) is 13.8. The lowest BCUT2D eigenvalue weighted by molar-refractivity contribution is -0.114. The summed E-state index contributed by atoms with van der Waals surface area (Å²) in [6.45, 7) is 8.54. The molecule has 1 fully saturated rings. The van der Waals surface area contributed by atoms with Gasteiger partial charge in [-0.2, -0.15) is 4.98 Å². The highest BCUT2D eigenvalue weighted by Gasteiger charge is 2.24. The van der Waals surface area contributed by atoms with Crippen LogP contribution < -0.4 is 19.9 Å². The molecule has 1 amide bonds. The van der Waals surface area contributed by atoms with Crippen LogP contribution in [0.15, 0.2) is 66.6 Å². The van der Waals surface area contributed by atoms with Gasteiger partial charge in [-0.15, -0.1) is 11.3 Å². The van der Waals surface area contributed by atoms with Gasteiger partial charge < -0.3 is 24.8 Å². The molecule has 194 valence electrons. The Morgan fingerprint density at radius 3 is 2.66 bits per heavy atom. The molecule has 0 saturated carbocycles. The standard InChI is InChI=1S/C29H30N6O2S/c1-3-26(36)35-14-5-6-22-24(35)7-4-8-25(22)37-28-27-23(13-19-38-27)31-29(32-28)30-20-9-11-21(12-10-20)34-17-15-33(2)16-18-34/h3-4,7-13,19H,1,5-6,14-18H2,2H3,(H,30,31,32). The zero-order valence-electron chi connectivity index (χ0n) is 21.4. The zero-order valence-corrected chi connectivity index (χ0v) is 22.2. The summed E-state index contributed by atoms with van der Waals surface area (Å²) in [5.41, 5.74) is 4.84. The molecule has 2 aromatic heterocycles. The first-order valence-electron chi connectivity index (χ1n) is 12.9. The Morgan fingerprint density at radius 1 is 1.05 bits per heavy atom. The summed E-state index contributed by atoms with van der Waals surface area (Å²) < 4.78 is 7.32. The van der Waals surface area contributed by atoms with Gasteiger partial charge in [0.15, 0.2) is 0 Å². The first kappa shape index (κ1) is 24.4. The second-order valence-electron chi connectivity index (χ2n) is 9.60. The van der Waals surface area contributed by atoms with E-state index >= 15 is 0 Å². The van der Waals surface area contributed by atoms with Crippen LogP contribution in [0.3, 0.4) is 0 Å². The number of nitrogens with zero attached hydrogens (tertiary/aromatic N) is 5. The number of likely N-dealkylation sites (N-methyl/N-ethyl adjacent to an activating group) is 1. The van der Waals surface area contributed by atoms with Crippen molar-refractivity contribution in [3.63, 3.8) is 0 Å². The van der Waals surface area contributed by atoms with Crippen molar-refractivity contribution >= 4 is 50.5 Å². The van der Waals surface area contributed by atoms with Crippen molar-refractivity contribution in [2.45, 2.75) is 12.8 Å². The van der Waals surface area contributed by atoms with E-state index in [0.29, 0.717) is 24.1 Å². The highest BCUT2D eigenvalue weighted by atomic mass is 32.1. The number of hydrogen-bond donors (Lipinski definition) is 1. The maximum Gasteiger partial charge on any atom is 0.250 e. The van der Waals surface area contributed by atoms with Crippen LogP contribution in [-0.2, 0) is 11.2 Å². The fraction of sp³-hybridized carbons (Fsp3) is 0.276. The lowest BCUT2D eigenvalue weighted by Gasteiger charge is -2.34. The van der Waals surface area contributed by atoms with Gasteiger partial charge in [0.05, 0.1) is 11.2 Å². The van der Waals surface area contributed by atoms with Crippen LogP contribution >= 0.6 is 11.3 Å². The van der Waals surface area contributed by atoms with E-state index in [2.05, 4.69) is 53.0 Å². The van der Waals surface area contributed by atoms with Crippen LogP contribution in [-0.4, -0.2) is 60.5 Å². The molecule has 2 aliphatic heterocycles. The molecule has 0 spiro atoms. The summed E-state index contributed by atoms with van der Waals surface area (Å²) in [5, 5.41) is 5.34. The first-order chi connectivity index (χ1) is 18.6. The van der Waals surface area contributed by atoms with Crippen LogP contribution in [0.25, 0.3) is 10.2 Å². The summed E-state index contributed by atoms with van der Waals surface area (Å²) in [4.78, 5) is 28.4. The number of aromatic nitrogens is 2. The third-order valence-electron chi connectivity index (χ3n) is 7.12. The average molecular weight is 527 g/mol. The Morgan fingerprint density at radius 2 is 1.87 bits per heavy atom. The largest absolute Gasteiger partial charge is 0.437 e. The molecule has 0 unspecified atom stereocenters. The van der Waals surface area contributed by atoms with Gasteiger partial charge in [-0.25, -0.2) is 4.98 Å². The number of nitrogens with one attached hydrogen (secondary N) is 1. The number of ether oxygens (including phenoxy) is 1. The van der Waals surface area contributed by atoms with E-state index in [1.165, 1.54) is 11.8 Å². The minimum Gasteiger partial charge on any atom is -0.437 e. The van der Waals surface area contributed by atoms with Gasteiger partial charge in [-0.05, 0) is 73.8 Å². The molecule has 2 aromatic carbocycles. The van der Waals surface area contributed by atoms with Crippen molar-refractivity contribution in [3.05, 3.63) is 72.1 Å². The van der Waals surface area contributed by atoms with E-state index in [-0.39, 0.29) is 5.91 Å². The van der Waals surface area contributed by atoms with Crippen molar-refractivity contribution in [2.75, 3.05) is 54.9 Å². The molecular formula is C29H30N6O2S. The summed E-state index contributed by atoms with van der Waals surface area (Å²) in [6.07, 6.45) is 3.05. The van der Waals surface area contributed by atoms with E-state index < -0.39 is 0 Å². The molecule has 6 rings (SSSR count). The number of amides is 1. The third-order valence-corrected chi connectivity index (χ3v) is 8.01. The van der Waals surface area contributed by atoms with Gasteiger partial charge in [-0.3, -0.25) is 4.79 Å². The van der Waals surface area contributed by atoms with Gasteiger partial charge in [0.25, 0.3) is 0 Å². The Kier molecular flexibility index (Phi) is 6.70. The number of anilines is 4. The average Bonchev–Trinajstić information content (AvgIpc) is 3.42. The molecule has 38 heavy (non-hydrogen) atoms. The number of hydrogen-bond acceptors (Lipinski definition) is 8. The second-order valence-corrected chi connectivity index (χ2v) is 10.5. The molecule has 4 aromatic rings. The zero-order chi connectivity index (χ0) is 26.1. The van der Waals surface area contributed by atoms with Gasteiger partial charge >= 0.3 is 0 Å². The van der Waals surface area contributed by atoms with E-state index in [4.69, 9.17) is 14.7 Å². The maximum absolute atomic E-state index is 12.4. The topological polar surface area (TPSA) is 73.8 Å². The number of carbonyl (C=O) groups is 1. The van der Waals surface area contributed by atoms with Crippen LogP contribution in [0.5, 0.6) is 11.6 Å². The maximum atomic E-state index is 12.4. The summed E-state index contributed by atoms with van der Waals surface area (Å²) in [6, 6.07) is 16.2. The van der Waals surface area contributed by atoms with E-state index in [1.807, 2.05) is 29.6 Å². The van der Waals surface area contributed by atoms with Crippen molar-refractivity contribution in [1.82, 2.24) is 14.9 Å². The molecular weight excluding hydrogens is 496 g/mol. The molecule has 2 aliphatic rings. The number of benzene rings is 2. The second kappa shape index (κ2) is 10.4. The normalized spacial score (nSPS) is 15.8. The van der Waals surface area contributed by atoms with Crippen molar-refractivity contribution in [3.8, 4) is 11.6 Å². The summed E-state index contributed by atoms with van der Waals surface area (Å²) in [7, 11) is 2.16. The smallest absolute Gasteiger partial charge is 0.250 e. The fourth-order valence-electron chi connectivity index (χ4n) is 5.04. The molecule has 0 atom stereocenters. The lowest BCUT2D eigenvalue weighted by Crippen LogP contribution is -2.44. The summed E-state index contributed by atoms with van der Waals surface area (Å²) >= 11 is 1.55. The summed E-state index contributed by atoms with van der Waals surface area (Å²) in [5.74, 6) is 1.59. The molecule has 8 nitrogen and oxygen atoms in total. The molecule has 1 saturated heterocycles. The van der Waals surface area contributed by atoms with Crippen LogP contribution in [0.2, 0.25) is 0 Å². The highest BCUT2D eigenvalue weighted by molar-refractivity contribution is 7.17. The molecule has 9 heteroatoms. The predicted molar refractivity (Wildman–Crippen MR) is 154 cm³/mol. The molecule has 0 aliphatic carbocycles. The van der Waals surface area contributed by atoms with Gasteiger partial charge in [0.1, 0.15) is 10.4 Å².